The van der Waals surface area contributed by atoms with Crippen molar-refractivity contribution in [1.82, 2.24) is 19.9 Å². The van der Waals surface area contributed by atoms with Gasteiger partial charge in [0.2, 0.25) is 0 Å². The van der Waals surface area contributed by atoms with E-state index in [1.807, 2.05) is 36.9 Å². The number of hydrogen-bond acceptors (Lipinski definition) is 4. The molecule has 0 saturated carbocycles. The van der Waals surface area contributed by atoms with Gasteiger partial charge in [0.05, 0.1) is 12.3 Å². The maximum absolute atomic E-state index is 5.86. The largest absolute Gasteiger partial charge is 0.491 e. The zero-order valence-corrected chi connectivity index (χ0v) is 12.4. The van der Waals surface area contributed by atoms with Crippen LogP contribution in [0.2, 0.25) is 0 Å². The number of aryl methyl sites for hydroxylation is 2. The van der Waals surface area contributed by atoms with Crippen LogP contribution in [0.3, 0.4) is 0 Å². The fraction of sp³-hybridized carbons (Fsp3) is 0.467. The van der Waals surface area contributed by atoms with Gasteiger partial charge < -0.3 is 14.6 Å². The average molecular weight is 274 g/mol. The molecule has 2 rings (SSSR count). The monoisotopic (exact) mass is 274 g/mol. The minimum atomic E-state index is 0.606. The summed E-state index contributed by atoms with van der Waals surface area (Å²) >= 11 is 0. The highest BCUT2D eigenvalue weighted by Crippen LogP contribution is 2.17. The molecule has 108 valence electrons. The van der Waals surface area contributed by atoms with Gasteiger partial charge in [-0.15, -0.1) is 0 Å². The summed E-state index contributed by atoms with van der Waals surface area (Å²) < 4.78 is 7.87. The second-order valence-corrected chi connectivity index (χ2v) is 4.73. The molecule has 20 heavy (non-hydrogen) atoms. The zero-order valence-electron chi connectivity index (χ0n) is 12.4. The molecule has 0 fully saturated rings. The first kappa shape index (κ1) is 14.5. The van der Waals surface area contributed by atoms with Crippen molar-refractivity contribution in [1.29, 1.82) is 0 Å². The lowest BCUT2D eigenvalue weighted by atomic mass is 10.2. The maximum Gasteiger partial charge on any atom is 0.142 e. The third-order valence-corrected chi connectivity index (χ3v) is 3.12. The van der Waals surface area contributed by atoms with Crippen LogP contribution in [-0.2, 0) is 20.0 Å². The molecule has 0 radical (unpaired) electrons. The van der Waals surface area contributed by atoms with Gasteiger partial charge in [-0.2, -0.15) is 0 Å². The molecule has 2 heterocycles. The smallest absolute Gasteiger partial charge is 0.142 e. The Morgan fingerprint density at radius 3 is 2.90 bits per heavy atom. The van der Waals surface area contributed by atoms with Crippen LogP contribution >= 0.6 is 0 Å². The first-order valence-corrected chi connectivity index (χ1v) is 6.97. The molecule has 0 aliphatic heterocycles. The summed E-state index contributed by atoms with van der Waals surface area (Å²) in [6, 6.07) is 3.97. The fourth-order valence-electron chi connectivity index (χ4n) is 1.99. The summed E-state index contributed by atoms with van der Waals surface area (Å²) in [7, 11) is 1.99. The molecule has 0 aliphatic carbocycles. The van der Waals surface area contributed by atoms with Crippen molar-refractivity contribution in [3.05, 3.63) is 41.7 Å². The molecule has 0 bridgehead atoms. The van der Waals surface area contributed by atoms with Gasteiger partial charge in [-0.05, 0) is 25.6 Å². The molecular formula is C15H22N4O. The highest BCUT2D eigenvalue weighted by Gasteiger charge is 2.06. The molecule has 0 spiro atoms. The predicted octanol–water partition coefficient (Wildman–Crippen LogP) is 1.85. The Morgan fingerprint density at radius 2 is 2.20 bits per heavy atom. The first-order valence-electron chi connectivity index (χ1n) is 6.97. The van der Waals surface area contributed by atoms with Gasteiger partial charge in [0.25, 0.3) is 0 Å². The highest BCUT2D eigenvalue weighted by atomic mass is 16.5. The van der Waals surface area contributed by atoms with Gasteiger partial charge in [-0.1, -0.05) is 6.92 Å². The van der Waals surface area contributed by atoms with Crippen LogP contribution in [0, 0.1) is 6.92 Å². The van der Waals surface area contributed by atoms with Crippen LogP contribution in [0.1, 0.15) is 24.1 Å². The number of hydrogen-bond donors (Lipinski definition) is 1. The molecule has 5 heteroatoms. The molecule has 2 aromatic heterocycles. The Labute approximate surface area is 120 Å². The van der Waals surface area contributed by atoms with Crippen molar-refractivity contribution >= 4 is 0 Å². The summed E-state index contributed by atoms with van der Waals surface area (Å²) in [5.74, 6) is 1.88. The maximum atomic E-state index is 5.86. The summed E-state index contributed by atoms with van der Waals surface area (Å²) in [4.78, 5) is 8.82. The van der Waals surface area contributed by atoms with Crippen molar-refractivity contribution in [2.45, 2.75) is 26.8 Å². The van der Waals surface area contributed by atoms with E-state index >= 15 is 0 Å². The Bertz CT molecular complexity index is 551. The molecule has 0 aromatic carbocycles. The number of ether oxygens (including phenoxy) is 1. The summed E-state index contributed by atoms with van der Waals surface area (Å²) in [5, 5.41) is 3.29. The highest BCUT2D eigenvalue weighted by molar-refractivity contribution is 5.29. The average Bonchev–Trinajstić information content (AvgIpc) is 2.84. The summed E-state index contributed by atoms with van der Waals surface area (Å²) in [6.45, 7) is 6.33. The summed E-state index contributed by atoms with van der Waals surface area (Å²) in [6.07, 6.45) is 4.54. The molecule has 0 atom stereocenters. The number of aromatic nitrogens is 3. The van der Waals surface area contributed by atoms with Crippen molar-refractivity contribution in [2.75, 3.05) is 13.2 Å². The SMILES string of the molecule is CCNCc1nc(C)ccc1OCCc1nccn1C. The van der Waals surface area contributed by atoms with Gasteiger partial charge in [-0.3, -0.25) is 4.98 Å². The van der Waals surface area contributed by atoms with Gasteiger partial charge in [0, 0.05) is 38.1 Å². The molecule has 5 nitrogen and oxygen atoms in total. The Hall–Kier alpha value is -1.88. The molecule has 0 amide bonds. The molecule has 0 aliphatic rings. The van der Waals surface area contributed by atoms with E-state index < -0.39 is 0 Å². The molecule has 1 N–H and O–H groups in total. The van der Waals surface area contributed by atoms with E-state index in [0.717, 1.165) is 42.5 Å². The molecular weight excluding hydrogens is 252 g/mol. The van der Waals surface area contributed by atoms with Gasteiger partial charge in [0.1, 0.15) is 11.6 Å². The van der Waals surface area contributed by atoms with Crippen molar-refractivity contribution in [2.24, 2.45) is 7.05 Å². The minimum Gasteiger partial charge on any atom is -0.491 e. The lowest BCUT2D eigenvalue weighted by Gasteiger charge is -2.12. The number of imidazole rings is 1. The number of pyridine rings is 1. The van der Waals surface area contributed by atoms with E-state index in [1.54, 1.807) is 6.20 Å². The second kappa shape index (κ2) is 7.05. The molecule has 2 aromatic rings. The van der Waals surface area contributed by atoms with Crippen LogP contribution in [-0.4, -0.2) is 27.7 Å². The van der Waals surface area contributed by atoms with Crippen molar-refractivity contribution < 1.29 is 4.74 Å². The lowest BCUT2D eigenvalue weighted by Crippen LogP contribution is -2.15. The van der Waals surface area contributed by atoms with E-state index in [-0.39, 0.29) is 0 Å². The number of nitrogens with zero attached hydrogens (tertiary/aromatic N) is 3. The van der Waals surface area contributed by atoms with E-state index in [1.165, 1.54) is 0 Å². The van der Waals surface area contributed by atoms with Crippen LogP contribution in [0.15, 0.2) is 24.5 Å². The van der Waals surface area contributed by atoms with Gasteiger partial charge >= 0.3 is 0 Å². The van der Waals surface area contributed by atoms with E-state index in [9.17, 15) is 0 Å². The topological polar surface area (TPSA) is 52.0 Å². The van der Waals surface area contributed by atoms with Crippen molar-refractivity contribution in [3.63, 3.8) is 0 Å². The second-order valence-electron chi connectivity index (χ2n) is 4.73. The third-order valence-electron chi connectivity index (χ3n) is 3.12. The first-order chi connectivity index (χ1) is 9.70. The normalized spacial score (nSPS) is 10.8. The third kappa shape index (κ3) is 3.81. The van der Waals surface area contributed by atoms with Crippen LogP contribution in [0.5, 0.6) is 5.75 Å². The Kier molecular flexibility index (Phi) is 5.12. The van der Waals surface area contributed by atoms with Crippen LogP contribution in [0.25, 0.3) is 0 Å². The quantitative estimate of drug-likeness (QED) is 0.837. The molecule has 0 saturated heterocycles. The standard InChI is InChI=1S/C15H22N4O/c1-4-16-11-13-14(6-5-12(2)18-13)20-10-7-15-17-8-9-19(15)3/h5-6,8-9,16H,4,7,10-11H2,1-3H3. The fourth-order valence-corrected chi connectivity index (χ4v) is 1.99. The Balaban J connectivity index is 1.96. The van der Waals surface area contributed by atoms with Crippen molar-refractivity contribution in [3.8, 4) is 5.75 Å². The molecule has 0 unspecified atom stereocenters. The minimum absolute atomic E-state index is 0.606. The Morgan fingerprint density at radius 1 is 1.35 bits per heavy atom. The van der Waals surface area contributed by atoms with E-state index in [4.69, 9.17) is 4.74 Å². The van der Waals surface area contributed by atoms with Gasteiger partial charge in [0.15, 0.2) is 0 Å². The number of rotatable bonds is 7. The predicted molar refractivity (Wildman–Crippen MR) is 78.8 cm³/mol. The summed E-state index contributed by atoms with van der Waals surface area (Å²) in [5.41, 5.74) is 1.97. The van der Waals surface area contributed by atoms with E-state index in [0.29, 0.717) is 6.61 Å². The van der Waals surface area contributed by atoms with Crippen LogP contribution in [0.4, 0.5) is 0 Å². The van der Waals surface area contributed by atoms with Gasteiger partial charge in [-0.25, -0.2) is 4.98 Å². The number of nitrogens with one attached hydrogen (secondary N) is 1. The lowest BCUT2D eigenvalue weighted by molar-refractivity contribution is 0.311. The van der Waals surface area contributed by atoms with E-state index in [2.05, 4.69) is 22.2 Å². The zero-order chi connectivity index (χ0) is 14.4. The van der Waals surface area contributed by atoms with Crippen LogP contribution < -0.4 is 10.1 Å².